The number of benzene rings is 1. The molecule has 3 saturated heterocycles. The molecule has 0 radical (unpaired) electrons. The lowest BCUT2D eigenvalue weighted by atomic mass is 9.83. The number of nitrogens with zero attached hydrogens (tertiary/aromatic N) is 5. The number of hydrogen-bond donors (Lipinski definition) is 0. The van der Waals surface area contributed by atoms with Gasteiger partial charge in [-0.05, 0) is 24.1 Å². The lowest BCUT2D eigenvalue weighted by Crippen LogP contribution is -2.66. The number of alkyl halides is 3. The lowest BCUT2D eigenvalue weighted by Gasteiger charge is -2.54. The predicted octanol–water partition coefficient (Wildman–Crippen LogP) is 3.05. The van der Waals surface area contributed by atoms with Crippen LogP contribution in [0.5, 0.6) is 0 Å². The van der Waals surface area contributed by atoms with Crippen LogP contribution in [0, 0.1) is 12.3 Å². The van der Waals surface area contributed by atoms with Crippen molar-refractivity contribution in [2.24, 2.45) is 5.41 Å². The summed E-state index contributed by atoms with van der Waals surface area (Å²) in [5.74, 6) is 2.06. The molecule has 2 aromatic heterocycles. The second-order valence-corrected chi connectivity index (χ2v) is 11.7. The maximum atomic E-state index is 13.6. The summed E-state index contributed by atoms with van der Waals surface area (Å²) in [4.78, 5) is 13.9. The molecule has 5 heterocycles. The van der Waals surface area contributed by atoms with Gasteiger partial charge in [0.25, 0.3) is 0 Å². The smallest absolute Gasteiger partial charge is 0.378 e. The highest BCUT2D eigenvalue weighted by Crippen LogP contribution is 2.40. The zero-order chi connectivity index (χ0) is 25.1. The molecule has 0 atom stereocenters. The summed E-state index contributed by atoms with van der Waals surface area (Å²) in [5.41, 5.74) is 3.05. The van der Waals surface area contributed by atoms with Crippen molar-refractivity contribution in [2.45, 2.75) is 26.1 Å². The van der Waals surface area contributed by atoms with E-state index >= 15 is 0 Å². The molecule has 6 rings (SSSR count). The number of rotatable bonds is 5. The second kappa shape index (κ2) is 8.81. The highest BCUT2D eigenvalue weighted by Gasteiger charge is 2.51. The van der Waals surface area contributed by atoms with Crippen LogP contribution in [0.2, 0.25) is 0 Å². The van der Waals surface area contributed by atoms with Gasteiger partial charge in [-0.25, -0.2) is 9.97 Å². The number of anilines is 1. The Kier molecular flexibility index (Phi) is 5.84. The van der Waals surface area contributed by atoms with Gasteiger partial charge in [-0.15, -0.1) is 0 Å². The fourth-order valence-corrected chi connectivity index (χ4v) is 7.37. The maximum absolute atomic E-state index is 13.6. The summed E-state index contributed by atoms with van der Waals surface area (Å²) in [6.07, 6.45) is -0.278. The molecule has 0 amide bonds. The van der Waals surface area contributed by atoms with Crippen molar-refractivity contribution in [3.63, 3.8) is 0 Å². The number of halogens is 3. The molecule has 3 aliphatic heterocycles. The molecule has 192 valence electrons. The minimum absolute atomic E-state index is 0.170. The van der Waals surface area contributed by atoms with Gasteiger partial charge in [-0.3, -0.25) is 13.5 Å². The Labute approximate surface area is 209 Å². The number of likely N-dealkylation sites (tertiary alicyclic amines) is 1. The van der Waals surface area contributed by atoms with Crippen LogP contribution >= 0.6 is 0 Å². The van der Waals surface area contributed by atoms with E-state index in [2.05, 4.69) is 14.8 Å². The lowest BCUT2D eigenvalue weighted by molar-refractivity contribution is -0.138. The molecule has 3 fully saturated rings. The number of aromatic nitrogens is 3. The summed E-state index contributed by atoms with van der Waals surface area (Å²) in [7, 11) is -0.694. The molecule has 0 aliphatic carbocycles. The maximum Gasteiger partial charge on any atom is 0.416 e. The summed E-state index contributed by atoms with van der Waals surface area (Å²) < 4.78 is 59.8. The molecular formula is C25H28F3N5O2S. The summed E-state index contributed by atoms with van der Waals surface area (Å²) >= 11 is 0. The topological polar surface area (TPSA) is 63.0 Å². The van der Waals surface area contributed by atoms with E-state index in [-0.39, 0.29) is 11.0 Å². The Balaban J connectivity index is 1.36. The van der Waals surface area contributed by atoms with Crippen molar-refractivity contribution in [1.82, 2.24) is 19.3 Å². The van der Waals surface area contributed by atoms with Crippen LogP contribution in [0.3, 0.4) is 0 Å². The van der Waals surface area contributed by atoms with Gasteiger partial charge in [-0.1, -0.05) is 12.1 Å². The van der Waals surface area contributed by atoms with Gasteiger partial charge in [0.15, 0.2) is 0 Å². The average Bonchev–Trinajstić information content (AvgIpc) is 3.14. The molecule has 11 heteroatoms. The van der Waals surface area contributed by atoms with Crippen LogP contribution in [-0.2, 0) is 34.7 Å². The van der Waals surface area contributed by atoms with Crippen LogP contribution < -0.4 is 4.90 Å². The van der Waals surface area contributed by atoms with Crippen molar-refractivity contribution in [3.05, 3.63) is 58.7 Å². The third-order valence-electron chi connectivity index (χ3n) is 7.56. The molecule has 0 N–H and O–H groups in total. The van der Waals surface area contributed by atoms with Crippen LogP contribution in [-0.4, -0.2) is 74.4 Å². The molecule has 3 aromatic rings. The fraction of sp³-hybridized carbons (Fsp3) is 0.520. The van der Waals surface area contributed by atoms with Gasteiger partial charge in [0.2, 0.25) is 5.78 Å². The SMILES string of the molecule is Cc1c(Cc2c(CN3CC4(C3)CS(=O)C4)nc3ncc(N4CCOCC4)cn23)cccc1C(F)(F)F. The quantitative estimate of drug-likeness (QED) is 0.517. The molecule has 1 aromatic carbocycles. The van der Waals surface area contributed by atoms with Crippen LogP contribution in [0.1, 0.15) is 28.1 Å². The highest BCUT2D eigenvalue weighted by molar-refractivity contribution is 7.86. The van der Waals surface area contributed by atoms with Crippen LogP contribution in [0.15, 0.2) is 30.6 Å². The first-order valence-electron chi connectivity index (χ1n) is 12.1. The Morgan fingerprint density at radius 3 is 2.61 bits per heavy atom. The Hall–Kier alpha value is -2.50. The van der Waals surface area contributed by atoms with Gasteiger partial charge in [0.05, 0.1) is 42.0 Å². The molecule has 0 saturated carbocycles. The Morgan fingerprint density at radius 1 is 1.17 bits per heavy atom. The molecule has 0 bridgehead atoms. The summed E-state index contributed by atoms with van der Waals surface area (Å²) in [5, 5.41) is 0. The number of ether oxygens (including phenoxy) is 1. The summed E-state index contributed by atoms with van der Waals surface area (Å²) in [6.45, 7) is 6.69. The van der Waals surface area contributed by atoms with E-state index in [1.807, 2.05) is 10.6 Å². The molecular weight excluding hydrogens is 491 g/mol. The third kappa shape index (κ3) is 4.31. The van der Waals surface area contributed by atoms with E-state index < -0.39 is 22.5 Å². The minimum atomic E-state index is -4.40. The van der Waals surface area contributed by atoms with Gasteiger partial charge >= 0.3 is 6.18 Å². The van der Waals surface area contributed by atoms with E-state index in [0.717, 1.165) is 60.8 Å². The first-order valence-corrected chi connectivity index (χ1v) is 13.6. The van der Waals surface area contributed by atoms with E-state index in [4.69, 9.17) is 9.72 Å². The predicted molar refractivity (Wildman–Crippen MR) is 131 cm³/mol. The van der Waals surface area contributed by atoms with Crippen molar-refractivity contribution in [2.75, 3.05) is 55.8 Å². The summed E-state index contributed by atoms with van der Waals surface area (Å²) in [6, 6.07) is 4.37. The second-order valence-electron chi connectivity index (χ2n) is 10.2. The minimum Gasteiger partial charge on any atom is -0.378 e. The standard InChI is InChI=1S/C25H28F3N5O2S/c1-17-18(3-2-4-20(17)25(26,27)28)9-22-21(12-31-13-24(14-31)15-36(34)16-24)30-23-29-10-19(11-33(22)23)32-5-7-35-8-6-32/h2-4,10-11H,5-9,12-16H2,1H3. The fourth-order valence-electron chi connectivity index (χ4n) is 5.73. The van der Waals surface area contributed by atoms with E-state index in [1.165, 1.54) is 13.0 Å². The monoisotopic (exact) mass is 519 g/mol. The Bertz CT molecular complexity index is 1320. The number of morpholine rings is 1. The number of fused-ring (bicyclic) bond motifs is 1. The van der Waals surface area contributed by atoms with Crippen molar-refractivity contribution in [3.8, 4) is 0 Å². The van der Waals surface area contributed by atoms with Crippen molar-refractivity contribution < 1.29 is 22.1 Å². The van der Waals surface area contributed by atoms with E-state index in [9.17, 15) is 17.4 Å². The largest absolute Gasteiger partial charge is 0.416 e. The van der Waals surface area contributed by atoms with E-state index in [1.54, 1.807) is 12.3 Å². The molecule has 3 aliphatic rings. The van der Waals surface area contributed by atoms with Gasteiger partial charge in [0, 0.05) is 73.1 Å². The molecule has 1 spiro atoms. The van der Waals surface area contributed by atoms with Crippen molar-refractivity contribution in [1.29, 1.82) is 0 Å². The van der Waals surface area contributed by atoms with Gasteiger partial charge in [-0.2, -0.15) is 13.2 Å². The van der Waals surface area contributed by atoms with Gasteiger partial charge in [0.1, 0.15) is 0 Å². The Morgan fingerprint density at radius 2 is 1.92 bits per heavy atom. The molecule has 36 heavy (non-hydrogen) atoms. The number of hydrogen-bond acceptors (Lipinski definition) is 6. The van der Waals surface area contributed by atoms with Crippen molar-refractivity contribution >= 4 is 22.3 Å². The number of imidazole rings is 1. The zero-order valence-corrected chi connectivity index (χ0v) is 20.9. The third-order valence-corrected chi connectivity index (χ3v) is 9.43. The van der Waals surface area contributed by atoms with E-state index in [0.29, 0.717) is 37.5 Å². The normalized spacial score (nSPS) is 20.6. The highest BCUT2D eigenvalue weighted by atomic mass is 32.2. The zero-order valence-electron chi connectivity index (χ0n) is 20.1. The first-order chi connectivity index (χ1) is 17.2. The first kappa shape index (κ1) is 23.9. The average molecular weight is 520 g/mol. The molecule has 7 nitrogen and oxygen atoms in total. The molecule has 0 unspecified atom stereocenters. The van der Waals surface area contributed by atoms with Gasteiger partial charge < -0.3 is 9.64 Å². The van der Waals surface area contributed by atoms with Crippen LogP contribution in [0.4, 0.5) is 18.9 Å². The van der Waals surface area contributed by atoms with Crippen LogP contribution in [0.25, 0.3) is 5.78 Å².